The van der Waals surface area contributed by atoms with Crippen molar-refractivity contribution in [3.05, 3.63) is 36.2 Å². The summed E-state index contributed by atoms with van der Waals surface area (Å²) in [6.45, 7) is 3.72. The first-order chi connectivity index (χ1) is 9.86. The number of hydroxylamine groups is 1. The fourth-order valence-corrected chi connectivity index (χ4v) is 2.18. The third-order valence-corrected chi connectivity index (χ3v) is 3.28. The number of rotatable bonds is 3. The molecular formula is C15H18N4O. The Hall–Kier alpha value is -2.01. The van der Waals surface area contributed by atoms with E-state index >= 15 is 0 Å². The number of pyridine rings is 1. The summed E-state index contributed by atoms with van der Waals surface area (Å²) in [6, 6.07) is 7.76. The van der Waals surface area contributed by atoms with E-state index in [1.165, 1.54) is 0 Å². The van der Waals surface area contributed by atoms with E-state index in [-0.39, 0.29) is 0 Å². The van der Waals surface area contributed by atoms with Gasteiger partial charge >= 0.3 is 0 Å². The van der Waals surface area contributed by atoms with E-state index in [1.807, 2.05) is 29.3 Å². The fraction of sp³-hybridized carbons (Fsp3) is 0.400. The van der Waals surface area contributed by atoms with Crippen LogP contribution in [0.5, 0.6) is 0 Å². The number of aryl methyl sites for hydroxylation is 1. The van der Waals surface area contributed by atoms with Crippen molar-refractivity contribution in [1.82, 2.24) is 15.0 Å². The van der Waals surface area contributed by atoms with Gasteiger partial charge in [0.05, 0.1) is 6.61 Å². The lowest BCUT2D eigenvalue weighted by atomic mass is 10.2. The van der Waals surface area contributed by atoms with Gasteiger partial charge in [0.15, 0.2) is 11.6 Å². The van der Waals surface area contributed by atoms with Crippen molar-refractivity contribution in [1.29, 1.82) is 0 Å². The Bertz CT molecular complexity index is 567. The van der Waals surface area contributed by atoms with Crippen LogP contribution in [-0.2, 0) is 11.3 Å². The van der Waals surface area contributed by atoms with Gasteiger partial charge in [0.2, 0.25) is 0 Å². The first kappa shape index (κ1) is 13.0. The first-order valence-corrected chi connectivity index (χ1v) is 7.06. The summed E-state index contributed by atoms with van der Waals surface area (Å²) in [7, 11) is 0. The van der Waals surface area contributed by atoms with Gasteiger partial charge < -0.3 is 0 Å². The molecule has 3 rings (SSSR count). The van der Waals surface area contributed by atoms with E-state index in [2.05, 4.69) is 21.9 Å². The lowest BCUT2D eigenvalue weighted by Crippen LogP contribution is -2.30. The molecule has 3 heterocycles. The average molecular weight is 270 g/mol. The third kappa shape index (κ3) is 2.77. The van der Waals surface area contributed by atoms with Crippen LogP contribution >= 0.6 is 0 Å². The number of aromatic nitrogens is 3. The number of hydrogen-bond donors (Lipinski definition) is 0. The molecule has 0 saturated carbocycles. The Morgan fingerprint density at radius 2 is 2.20 bits per heavy atom. The maximum absolute atomic E-state index is 5.68. The molecule has 1 fully saturated rings. The predicted octanol–water partition coefficient (Wildman–Crippen LogP) is 2.63. The molecule has 1 saturated heterocycles. The third-order valence-electron chi connectivity index (χ3n) is 3.28. The highest BCUT2D eigenvalue weighted by molar-refractivity contribution is 5.53. The molecule has 5 heteroatoms. The van der Waals surface area contributed by atoms with Crippen LogP contribution in [0.3, 0.4) is 0 Å². The zero-order chi connectivity index (χ0) is 13.8. The smallest absolute Gasteiger partial charge is 0.180 e. The van der Waals surface area contributed by atoms with Crippen LogP contribution in [0.25, 0.3) is 11.5 Å². The van der Waals surface area contributed by atoms with Crippen LogP contribution in [-0.4, -0.2) is 28.1 Å². The van der Waals surface area contributed by atoms with Gasteiger partial charge in [0.25, 0.3) is 0 Å². The highest BCUT2D eigenvalue weighted by Gasteiger charge is 2.16. The molecule has 0 aliphatic carbocycles. The van der Waals surface area contributed by atoms with Crippen molar-refractivity contribution in [2.45, 2.75) is 26.2 Å². The van der Waals surface area contributed by atoms with Gasteiger partial charge in [-0.15, -0.1) is 0 Å². The average Bonchev–Trinajstić information content (AvgIpc) is 2.56. The minimum atomic E-state index is 0.661. The molecule has 104 valence electrons. The Labute approximate surface area is 118 Å². The summed E-state index contributed by atoms with van der Waals surface area (Å²) < 4.78 is 0. The molecule has 0 spiro atoms. The van der Waals surface area contributed by atoms with Crippen LogP contribution in [0.4, 0.5) is 5.82 Å². The summed E-state index contributed by atoms with van der Waals surface area (Å²) >= 11 is 0. The normalized spacial score (nSPS) is 15.3. The SMILES string of the molecule is CCc1cc(N2CCCCO2)nc(-c2ccccn2)n1. The highest BCUT2D eigenvalue weighted by atomic mass is 16.7. The van der Waals surface area contributed by atoms with E-state index < -0.39 is 0 Å². The molecule has 2 aromatic rings. The van der Waals surface area contributed by atoms with Crippen molar-refractivity contribution < 1.29 is 4.84 Å². The van der Waals surface area contributed by atoms with Crippen LogP contribution < -0.4 is 5.06 Å². The van der Waals surface area contributed by atoms with E-state index in [0.29, 0.717) is 5.82 Å². The zero-order valence-electron chi connectivity index (χ0n) is 11.6. The summed E-state index contributed by atoms with van der Waals surface area (Å²) in [5, 5.41) is 1.87. The number of hydrogen-bond acceptors (Lipinski definition) is 5. The molecule has 0 atom stereocenters. The quantitative estimate of drug-likeness (QED) is 0.858. The van der Waals surface area contributed by atoms with E-state index in [9.17, 15) is 0 Å². The van der Waals surface area contributed by atoms with Crippen molar-refractivity contribution in [2.75, 3.05) is 18.2 Å². The summed E-state index contributed by atoms with van der Waals surface area (Å²) in [5.41, 5.74) is 1.80. The Kier molecular flexibility index (Phi) is 3.87. The van der Waals surface area contributed by atoms with Crippen LogP contribution in [0.15, 0.2) is 30.5 Å². The monoisotopic (exact) mass is 270 g/mol. The van der Waals surface area contributed by atoms with E-state index in [1.54, 1.807) is 6.20 Å². The molecule has 0 radical (unpaired) electrons. The van der Waals surface area contributed by atoms with Gasteiger partial charge in [-0.1, -0.05) is 13.0 Å². The molecule has 1 aliphatic heterocycles. The van der Waals surface area contributed by atoms with Crippen LogP contribution in [0, 0.1) is 0 Å². The van der Waals surface area contributed by atoms with Crippen molar-refractivity contribution in [3.63, 3.8) is 0 Å². The minimum Gasteiger partial charge on any atom is -0.272 e. The number of nitrogens with zero attached hydrogens (tertiary/aromatic N) is 4. The van der Waals surface area contributed by atoms with Gasteiger partial charge in [-0.25, -0.2) is 15.0 Å². The Morgan fingerprint density at radius 3 is 2.90 bits per heavy atom. The summed E-state index contributed by atoms with van der Waals surface area (Å²) in [6.07, 6.45) is 4.86. The van der Waals surface area contributed by atoms with Crippen LogP contribution in [0.2, 0.25) is 0 Å². The Morgan fingerprint density at radius 1 is 1.25 bits per heavy atom. The number of anilines is 1. The van der Waals surface area contributed by atoms with Gasteiger partial charge in [-0.2, -0.15) is 0 Å². The molecule has 0 amide bonds. The molecule has 0 aromatic carbocycles. The largest absolute Gasteiger partial charge is 0.272 e. The second-order valence-corrected chi connectivity index (χ2v) is 4.75. The molecular weight excluding hydrogens is 252 g/mol. The second kappa shape index (κ2) is 5.96. The van der Waals surface area contributed by atoms with E-state index in [0.717, 1.165) is 49.6 Å². The molecule has 1 aliphatic rings. The predicted molar refractivity (Wildman–Crippen MR) is 77.2 cm³/mol. The zero-order valence-corrected chi connectivity index (χ0v) is 11.6. The topological polar surface area (TPSA) is 51.1 Å². The first-order valence-electron chi connectivity index (χ1n) is 7.06. The molecule has 0 N–H and O–H groups in total. The maximum Gasteiger partial charge on any atom is 0.180 e. The molecule has 20 heavy (non-hydrogen) atoms. The van der Waals surface area contributed by atoms with Gasteiger partial charge in [-0.05, 0) is 31.4 Å². The summed E-state index contributed by atoms with van der Waals surface area (Å²) in [4.78, 5) is 19.2. The minimum absolute atomic E-state index is 0.661. The van der Waals surface area contributed by atoms with Crippen LogP contribution in [0.1, 0.15) is 25.5 Å². The molecule has 2 aromatic heterocycles. The Balaban J connectivity index is 1.98. The van der Waals surface area contributed by atoms with Crippen molar-refractivity contribution in [2.24, 2.45) is 0 Å². The van der Waals surface area contributed by atoms with Gasteiger partial charge in [0, 0.05) is 24.5 Å². The lowest BCUT2D eigenvalue weighted by molar-refractivity contribution is 0.0761. The molecule has 0 unspecified atom stereocenters. The van der Waals surface area contributed by atoms with Gasteiger partial charge in [-0.3, -0.25) is 9.82 Å². The van der Waals surface area contributed by atoms with Crippen molar-refractivity contribution in [3.8, 4) is 11.5 Å². The van der Waals surface area contributed by atoms with Gasteiger partial charge in [0.1, 0.15) is 5.69 Å². The fourth-order valence-electron chi connectivity index (χ4n) is 2.18. The summed E-state index contributed by atoms with van der Waals surface area (Å²) in [5.74, 6) is 1.49. The highest BCUT2D eigenvalue weighted by Crippen LogP contribution is 2.21. The maximum atomic E-state index is 5.68. The van der Waals surface area contributed by atoms with E-state index in [4.69, 9.17) is 4.84 Å². The van der Waals surface area contributed by atoms with Crippen molar-refractivity contribution >= 4 is 5.82 Å². The second-order valence-electron chi connectivity index (χ2n) is 4.75. The lowest BCUT2D eigenvalue weighted by Gasteiger charge is -2.27. The standard InChI is InChI=1S/C15H18N4O/c1-2-12-11-14(19-9-5-6-10-20-19)18-15(17-12)13-7-3-4-8-16-13/h3-4,7-8,11H,2,5-6,9-10H2,1H3. The molecule has 0 bridgehead atoms. The molecule has 5 nitrogen and oxygen atoms in total.